The van der Waals surface area contributed by atoms with Crippen molar-refractivity contribution in [2.45, 2.75) is 26.2 Å². The van der Waals surface area contributed by atoms with E-state index >= 15 is 0 Å². The van der Waals surface area contributed by atoms with Crippen LogP contribution in [0.3, 0.4) is 0 Å². The first kappa shape index (κ1) is 19.0. The number of aryl methyl sites for hydroxylation is 1. The molecule has 2 aliphatic heterocycles. The Bertz CT molecular complexity index is 736. The normalized spacial score (nSPS) is 17.0. The van der Waals surface area contributed by atoms with Gasteiger partial charge in [0.2, 0.25) is 5.91 Å². The molecule has 1 aromatic carbocycles. The second-order valence-corrected chi connectivity index (χ2v) is 6.85. The van der Waals surface area contributed by atoms with Crippen LogP contribution in [0.4, 0.5) is 21.0 Å². The third-order valence-electron chi connectivity index (χ3n) is 5.07. The lowest BCUT2D eigenvalue weighted by Gasteiger charge is -2.29. The van der Waals surface area contributed by atoms with Crippen molar-refractivity contribution >= 4 is 29.4 Å². The van der Waals surface area contributed by atoms with Crippen LogP contribution < -0.4 is 10.2 Å². The first-order valence-electron chi connectivity index (χ1n) is 9.29. The molecule has 0 bridgehead atoms. The summed E-state index contributed by atoms with van der Waals surface area (Å²) in [6.07, 6.45) is 2.11. The predicted octanol–water partition coefficient (Wildman–Crippen LogP) is 2.29. The molecule has 2 aliphatic rings. The van der Waals surface area contributed by atoms with Crippen LogP contribution in [-0.4, -0.2) is 67.7 Å². The fraction of sp³-hybridized carbons (Fsp3) is 0.526. The van der Waals surface area contributed by atoms with Gasteiger partial charge in [0.25, 0.3) is 0 Å². The number of rotatable bonds is 1. The second-order valence-electron chi connectivity index (χ2n) is 6.85. The topological polar surface area (TPSA) is 82.2 Å². The van der Waals surface area contributed by atoms with Gasteiger partial charge in [-0.1, -0.05) is 0 Å². The van der Waals surface area contributed by atoms with Crippen molar-refractivity contribution in [3.05, 3.63) is 23.8 Å². The molecule has 0 spiro atoms. The van der Waals surface area contributed by atoms with Gasteiger partial charge in [0, 0.05) is 45.3 Å². The summed E-state index contributed by atoms with van der Waals surface area (Å²) in [6.45, 7) is 4.57. The molecule has 0 radical (unpaired) electrons. The van der Waals surface area contributed by atoms with E-state index in [1.807, 2.05) is 12.1 Å². The zero-order valence-electron chi connectivity index (χ0n) is 15.9. The number of benzene rings is 1. The quantitative estimate of drug-likeness (QED) is 0.818. The Morgan fingerprint density at radius 3 is 2.48 bits per heavy atom. The summed E-state index contributed by atoms with van der Waals surface area (Å²) < 4.78 is 4.84. The first-order chi connectivity index (χ1) is 13.0. The van der Waals surface area contributed by atoms with E-state index in [1.54, 1.807) is 27.7 Å². The maximum atomic E-state index is 12.6. The number of amides is 4. The Morgan fingerprint density at radius 1 is 1.00 bits per heavy atom. The van der Waals surface area contributed by atoms with Gasteiger partial charge in [0.05, 0.1) is 12.8 Å². The van der Waals surface area contributed by atoms with E-state index in [-0.39, 0.29) is 18.0 Å². The van der Waals surface area contributed by atoms with E-state index in [1.165, 1.54) is 7.11 Å². The number of carbonyl (C=O) groups is 3. The molecule has 2 heterocycles. The van der Waals surface area contributed by atoms with Crippen LogP contribution in [0, 0.1) is 0 Å². The molecule has 27 heavy (non-hydrogen) atoms. The zero-order valence-corrected chi connectivity index (χ0v) is 15.9. The number of fused-ring (bicyclic) bond motifs is 1. The predicted molar refractivity (Wildman–Crippen MR) is 102 cm³/mol. The molecule has 3 rings (SSSR count). The van der Waals surface area contributed by atoms with Crippen molar-refractivity contribution in [2.24, 2.45) is 0 Å². The molecule has 1 saturated heterocycles. The van der Waals surface area contributed by atoms with Crippen molar-refractivity contribution in [1.82, 2.24) is 9.80 Å². The van der Waals surface area contributed by atoms with Gasteiger partial charge in [-0.05, 0) is 43.0 Å². The molecule has 0 aliphatic carbocycles. The number of hydrogen-bond donors (Lipinski definition) is 1. The minimum absolute atomic E-state index is 0.0436. The highest BCUT2D eigenvalue weighted by atomic mass is 16.5. The molecule has 1 N–H and O–H groups in total. The van der Waals surface area contributed by atoms with Gasteiger partial charge in [-0.15, -0.1) is 0 Å². The minimum Gasteiger partial charge on any atom is -0.452 e. The van der Waals surface area contributed by atoms with E-state index < -0.39 is 0 Å². The highest BCUT2D eigenvalue weighted by Crippen LogP contribution is 2.30. The molecule has 146 valence electrons. The lowest BCUT2D eigenvalue weighted by atomic mass is 10.0. The number of nitrogens with one attached hydrogen (secondary N) is 1. The van der Waals surface area contributed by atoms with Gasteiger partial charge in [-0.25, -0.2) is 9.59 Å². The van der Waals surface area contributed by atoms with E-state index in [2.05, 4.69) is 5.32 Å². The molecular weight excluding hydrogens is 348 g/mol. The Morgan fingerprint density at radius 2 is 1.74 bits per heavy atom. The lowest BCUT2D eigenvalue weighted by molar-refractivity contribution is -0.128. The number of carbonyl (C=O) groups excluding carboxylic acids is 3. The monoisotopic (exact) mass is 374 g/mol. The first-order valence-corrected chi connectivity index (χ1v) is 9.29. The van der Waals surface area contributed by atoms with Crippen molar-refractivity contribution in [1.29, 1.82) is 0 Å². The number of hydrogen-bond acceptors (Lipinski definition) is 4. The van der Waals surface area contributed by atoms with Crippen LogP contribution in [-0.2, 0) is 16.0 Å². The summed E-state index contributed by atoms with van der Waals surface area (Å²) in [5.41, 5.74) is 2.55. The van der Waals surface area contributed by atoms with Crippen LogP contribution in [0.25, 0.3) is 0 Å². The summed E-state index contributed by atoms with van der Waals surface area (Å²) in [7, 11) is 1.37. The standard InChI is InChI=1S/C19H26N4O4/c1-14(24)21-8-4-9-22(12-11-21)18(25)20-16-6-7-17-15(13-16)5-3-10-23(17)19(26)27-2/h6-7,13H,3-5,8-12H2,1-2H3,(H,20,25). The Kier molecular flexibility index (Phi) is 5.83. The number of ether oxygens (including phenoxy) is 1. The average molecular weight is 374 g/mol. The average Bonchev–Trinajstić information content (AvgIpc) is 2.93. The highest BCUT2D eigenvalue weighted by Gasteiger charge is 2.24. The maximum absolute atomic E-state index is 12.6. The largest absolute Gasteiger partial charge is 0.452 e. The van der Waals surface area contributed by atoms with Crippen molar-refractivity contribution in [3.63, 3.8) is 0 Å². The highest BCUT2D eigenvalue weighted by molar-refractivity contribution is 5.92. The van der Waals surface area contributed by atoms with Gasteiger partial charge in [0.1, 0.15) is 0 Å². The number of nitrogens with zero attached hydrogens (tertiary/aromatic N) is 3. The number of urea groups is 1. The third-order valence-corrected chi connectivity index (χ3v) is 5.07. The van der Waals surface area contributed by atoms with Crippen LogP contribution in [0.1, 0.15) is 25.3 Å². The Labute approximate surface area is 159 Å². The summed E-state index contributed by atoms with van der Waals surface area (Å²) in [5.74, 6) is 0.0436. The SMILES string of the molecule is COC(=O)N1CCCc2cc(NC(=O)N3CCCN(C(C)=O)CC3)ccc21. The fourth-order valence-corrected chi connectivity index (χ4v) is 3.61. The molecule has 1 aromatic rings. The molecule has 0 saturated carbocycles. The number of methoxy groups -OCH3 is 1. The summed E-state index contributed by atoms with van der Waals surface area (Å²) >= 11 is 0. The summed E-state index contributed by atoms with van der Waals surface area (Å²) in [5, 5.41) is 2.94. The maximum Gasteiger partial charge on any atom is 0.414 e. The zero-order chi connectivity index (χ0) is 19.4. The minimum atomic E-state index is -0.368. The van der Waals surface area contributed by atoms with Crippen LogP contribution >= 0.6 is 0 Å². The van der Waals surface area contributed by atoms with Gasteiger partial charge >= 0.3 is 12.1 Å². The second kappa shape index (κ2) is 8.28. The van der Waals surface area contributed by atoms with Gasteiger partial charge < -0.3 is 19.9 Å². The van der Waals surface area contributed by atoms with E-state index in [4.69, 9.17) is 4.74 Å². The van der Waals surface area contributed by atoms with Crippen LogP contribution in [0.2, 0.25) is 0 Å². The van der Waals surface area contributed by atoms with Crippen molar-refractivity contribution < 1.29 is 19.1 Å². The lowest BCUT2D eigenvalue weighted by Crippen LogP contribution is -2.39. The molecule has 0 atom stereocenters. The molecule has 0 unspecified atom stereocenters. The van der Waals surface area contributed by atoms with Gasteiger partial charge in [0.15, 0.2) is 0 Å². The van der Waals surface area contributed by atoms with Crippen LogP contribution in [0.5, 0.6) is 0 Å². The van der Waals surface area contributed by atoms with E-state index in [0.717, 1.165) is 30.5 Å². The van der Waals surface area contributed by atoms with Gasteiger partial charge in [-0.2, -0.15) is 0 Å². The van der Waals surface area contributed by atoms with E-state index in [0.29, 0.717) is 38.4 Å². The molecule has 1 fully saturated rings. The summed E-state index contributed by atoms with van der Waals surface area (Å²) in [6, 6.07) is 5.40. The van der Waals surface area contributed by atoms with Crippen molar-refractivity contribution in [3.8, 4) is 0 Å². The van der Waals surface area contributed by atoms with Crippen molar-refractivity contribution in [2.75, 3.05) is 50.1 Å². The molecule has 4 amide bonds. The molecule has 0 aromatic heterocycles. The molecule has 8 heteroatoms. The Balaban J connectivity index is 1.67. The summed E-state index contributed by atoms with van der Waals surface area (Å²) in [4.78, 5) is 41.2. The number of anilines is 2. The molecular formula is C19H26N4O4. The third kappa shape index (κ3) is 4.32. The van der Waals surface area contributed by atoms with Crippen LogP contribution in [0.15, 0.2) is 18.2 Å². The van der Waals surface area contributed by atoms with Gasteiger partial charge in [-0.3, -0.25) is 9.69 Å². The van der Waals surface area contributed by atoms with E-state index in [9.17, 15) is 14.4 Å². The Hall–Kier alpha value is -2.77. The fourth-order valence-electron chi connectivity index (χ4n) is 3.61. The molecule has 8 nitrogen and oxygen atoms in total. The smallest absolute Gasteiger partial charge is 0.414 e.